The van der Waals surface area contributed by atoms with Crippen LogP contribution in [0.1, 0.15) is 25.7 Å². The van der Waals surface area contributed by atoms with E-state index >= 15 is 0 Å². The van der Waals surface area contributed by atoms with Gasteiger partial charge >= 0.3 is 0 Å². The first-order valence-corrected chi connectivity index (χ1v) is 9.93. The molecule has 2 fully saturated rings. The van der Waals surface area contributed by atoms with Crippen LogP contribution >= 0.6 is 43.2 Å². The maximum absolute atomic E-state index is 5.95. The molecular weight excluding hydrogens is 432 g/mol. The number of hydrogen-bond acceptors (Lipinski definition) is 5. The number of ether oxygens (including phenoxy) is 1. The molecule has 0 N–H and O–H groups in total. The summed E-state index contributed by atoms with van der Waals surface area (Å²) in [5.74, 6) is 0.906. The fourth-order valence-corrected chi connectivity index (χ4v) is 5.30. The summed E-state index contributed by atoms with van der Waals surface area (Å²) in [6.07, 6.45) is 7.27. The Morgan fingerprint density at radius 1 is 1.23 bits per heavy atom. The normalized spacial score (nSPS) is 25.3. The summed E-state index contributed by atoms with van der Waals surface area (Å²) in [7, 11) is 0. The first-order valence-electron chi connectivity index (χ1n) is 7.47. The van der Waals surface area contributed by atoms with Gasteiger partial charge in [0.05, 0.1) is 18.8 Å². The molecule has 118 valence electrons. The van der Waals surface area contributed by atoms with Crippen LogP contribution in [0.25, 0.3) is 5.82 Å². The fraction of sp³-hybridized carbons (Fsp3) is 0.571. The number of thiazole rings is 1. The van der Waals surface area contributed by atoms with Crippen molar-refractivity contribution in [3.63, 3.8) is 0 Å². The van der Waals surface area contributed by atoms with E-state index in [0.29, 0.717) is 12.1 Å². The highest BCUT2D eigenvalue weighted by Crippen LogP contribution is 2.34. The van der Waals surface area contributed by atoms with Crippen LogP contribution in [0.3, 0.4) is 0 Å². The molecule has 2 aliphatic rings. The molecule has 5 nitrogen and oxygen atoms in total. The van der Waals surface area contributed by atoms with Crippen molar-refractivity contribution >= 4 is 48.3 Å². The number of nitrogens with zero attached hydrogens (tertiary/aromatic N) is 4. The highest BCUT2D eigenvalue weighted by Gasteiger charge is 2.35. The third-order valence-corrected chi connectivity index (χ3v) is 6.14. The maximum atomic E-state index is 5.95. The minimum absolute atomic E-state index is 0.379. The highest BCUT2D eigenvalue weighted by molar-refractivity contribution is 9.11. The van der Waals surface area contributed by atoms with Crippen molar-refractivity contribution in [3.8, 4) is 5.82 Å². The Balaban J connectivity index is 1.61. The number of aromatic nitrogens is 3. The molecule has 0 radical (unpaired) electrons. The monoisotopic (exact) mass is 446 g/mol. The van der Waals surface area contributed by atoms with Gasteiger partial charge in [-0.2, -0.15) is 0 Å². The quantitative estimate of drug-likeness (QED) is 0.697. The number of hydrogen-bond donors (Lipinski definition) is 0. The van der Waals surface area contributed by atoms with Crippen LogP contribution in [0.2, 0.25) is 0 Å². The van der Waals surface area contributed by atoms with E-state index < -0.39 is 0 Å². The SMILES string of the molecule is Brc1cn(-c2csc(N3CCOC4CCCCC43)n2)c(Br)n1. The van der Waals surface area contributed by atoms with Crippen molar-refractivity contribution in [2.45, 2.75) is 37.8 Å². The first-order chi connectivity index (χ1) is 10.7. The molecule has 0 bridgehead atoms. The summed E-state index contributed by atoms with van der Waals surface area (Å²) >= 11 is 8.56. The molecule has 1 aliphatic carbocycles. The average Bonchev–Trinajstić information content (AvgIpc) is 3.13. The number of imidazole rings is 1. The third kappa shape index (κ3) is 2.74. The predicted molar refractivity (Wildman–Crippen MR) is 94.0 cm³/mol. The van der Waals surface area contributed by atoms with E-state index in [9.17, 15) is 0 Å². The van der Waals surface area contributed by atoms with Crippen LogP contribution in [0, 0.1) is 0 Å². The van der Waals surface area contributed by atoms with Crippen molar-refractivity contribution in [1.29, 1.82) is 0 Å². The Bertz CT molecular complexity index is 672. The van der Waals surface area contributed by atoms with Crippen LogP contribution in [0.4, 0.5) is 5.13 Å². The second kappa shape index (κ2) is 6.22. The van der Waals surface area contributed by atoms with Crippen LogP contribution in [0.15, 0.2) is 20.9 Å². The van der Waals surface area contributed by atoms with Crippen molar-refractivity contribution in [3.05, 3.63) is 20.9 Å². The van der Waals surface area contributed by atoms with E-state index in [1.807, 2.05) is 10.8 Å². The van der Waals surface area contributed by atoms with Gasteiger partial charge in [0.15, 0.2) is 15.7 Å². The lowest BCUT2D eigenvalue weighted by Crippen LogP contribution is -2.52. The van der Waals surface area contributed by atoms with Crippen molar-refractivity contribution in [2.24, 2.45) is 0 Å². The summed E-state index contributed by atoms with van der Waals surface area (Å²) in [4.78, 5) is 11.6. The van der Waals surface area contributed by atoms with Gasteiger partial charge in [-0.1, -0.05) is 12.8 Å². The lowest BCUT2D eigenvalue weighted by molar-refractivity contribution is -0.00869. The van der Waals surface area contributed by atoms with Gasteiger partial charge in [0.25, 0.3) is 0 Å². The molecule has 1 saturated heterocycles. The van der Waals surface area contributed by atoms with Gasteiger partial charge in [-0.15, -0.1) is 11.3 Å². The summed E-state index contributed by atoms with van der Waals surface area (Å²) < 4.78 is 9.46. The molecule has 1 saturated carbocycles. The second-order valence-electron chi connectivity index (χ2n) is 5.65. The molecule has 2 unspecified atom stereocenters. The largest absolute Gasteiger partial charge is 0.374 e. The number of halogens is 2. The Morgan fingerprint density at radius 3 is 2.91 bits per heavy atom. The van der Waals surface area contributed by atoms with Gasteiger partial charge in [-0.3, -0.25) is 4.57 Å². The Morgan fingerprint density at radius 2 is 2.09 bits per heavy atom. The number of rotatable bonds is 2. The van der Waals surface area contributed by atoms with Gasteiger partial charge in [0.2, 0.25) is 0 Å². The van der Waals surface area contributed by atoms with Crippen LogP contribution in [-0.4, -0.2) is 39.8 Å². The average molecular weight is 448 g/mol. The molecule has 1 aliphatic heterocycles. The van der Waals surface area contributed by atoms with Gasteiger partial charge < -0.3 is 9.64 Å². The van der Waals surface area contributed by atoms with E-state index in [1.54, 1.807) is 11.3 Å². The van der Waals surface area contributed by atoms with Crippen molar-refractivity contribution < 1.29 is 4.74 Å². The number of morpholine rings is 1. The summed E-state index contributed by atoms with van der Waals surface area (Å²) in [6, 6.07) is 0.486. The summed E-state index contributed by atoms with van der Waals surface area (Å²) in [6.45, 7) is 1.74. The maximum Gasteiger partial charge on any atom is 0.187 e. The highest BCUT2D eigenvalue weighted by atomic mass is 79.9. The first kappa shape index (κ1) is 15.1. The van der Waals surface area contributed by atoms with Gasteiger partial charge in [0.1, 0.15) is 4.60 Å². The minimum Gasteiger partial charge on any atom is -0.374 e. The molecule has 4 rings (SSSR count). The van der Waals surface area contributed by atoms with E-state index in [2.05, 4.69) is 47.1 Å². The fourth-order valence-electron chi connectivity index (χ4n) is 3.32. The van der Waals surface area contributed by atoms with E-state index in [4.69, 9.17) is 9.72 Å². The zero-order valence-corrected chi connectivity index (χ0v) is 15.9. The molecule has 3 heterocycles. The van der Waals surface area contributed by atoms with E-state index in [-0.39, 0.29) is 0 Å². The molecule has 0 amide bonds. The lowest BCUT2D eigenvalue weighted by atomic mass is 9.90. The van der Waals surface area contributed by atoms with Crippen molar-refractivity contribution in [2.75, 3.05) is 18.1 Å². The molecule has 8 heteroatoms. The molecule has 0 spiro atoms. The third-order valence-electron chi connectivity index (χ3n) is 4.34. The molecule has 22 heavy (non-hydrogen) atoms. The Hall–Kier alpha value is -0.440. The molecule has 2 atom stereocenters. The van der Waals surface area contributed by atoms with E-state index in [1.165, 1.54) is 25.7 Å². The topological polar surface area (TPSA) is 43.2 Å². The van der Waals surface area contributed by atoms with E-state index in [0.717, 1.165) is 33.4 Å². The zero-order valence-electron chi connectivity index (χ0n) is 11.9. The zero-order chi connectivity index (χ0) is 15.1. The van der Waals surface area contributed by atoms with Gasteiger partial charge in [-0.25, -0.2) is 9.97 Å². The molecule has 2 aromatic rings. The van der Waals surface area contributed by atoms with Crippen LogP contribution in [-0.2, 0) is 4.74 Å². The second-order valence-corrected chi connectivity index (χ2v) is 8.00. The standard InChI is InChI=1S/C14H16Br2N4OS/c15-11-7-20(13(16)17-11)12-8-22-14(18-12)19-5-6-21-10-4-2-1-3-9(10)19/h7-10H,1-6H2. The Labute approximate surface area is 150 Å². The minimum atomic E-state index is 0.379. The summed E-state index contributed by atoms with van der Waals surface area (Å²) in [5.41, 5.74) is 0. The smallest absolute Gasteiger partial charge is 0.187 e. The van der Waals surface area contributed by atoms with Gasteiger partial charge in [-0.05, 0) is 44.7 Å². The van der Waals surface area contributed by atoms with Crippen LogP contribution in [0.5, 0.6) is 0 Å². The number of fused-ring (bicyclic) bond motifs is 1. The lowest BCUT2D eigenvalue weighted by Gasteiger charge is -2.43. The molecular formula is C14H16Br2N4OS. The van der Waals surface area contributed by atoms with Gasteiger partial charge in [0, 0.05) is 18.1 Å². The van der Waals surface area contributed by atoms with Crippen LogP contribution < -0.4 is 4.90 Å². The Kier molecular flexibility index (Phi) is 4.27. The predicted octanol–water partition coefficient (Wildman–Crippen LogP) is 4.00. The molecule has 0 aromatic carbocycles. The summed E-state index contributed by atoms with van der Waals surface area (Å²) in [5, 5.41) is 3.17. The molecule has 2 aromatic heterocycles. The van der Waals surface area contributed by atoms with Crippen molar-refractivity contribution in [1.82, 2.24) is 14.5 Å². The number of anilines is 1.